The third kappa shape index (κ3) is 17.3. The molecule has 0 aromatic rings. The first kappa shape index (κ1) is 21.0. The molecule has 2 heteroatoms. The molecule has 0 amide bonds. The molecule has 0 aliphatic heterocycles. The quantitative estimate of drug-likeness (QED) is 0.361. The Morgan fingerprint density at radius 1 is 1.13 bits per heavy atom. The Labute approximate surface area is 114 Å². The van der Waals surface area contributed by atoms with E-state index >= 15 is 0 Å². The summed E-state index contributed by atoms with van der Waals surface area (Å²) in [6.45, 7) is 11.9. The summed E-state index contributed by atoms with van der Waals surface area (Å²) in [7, 11) is 0.446. The van der Waals surface area contributed by atoms with Gasteiger partial charge >= 0.3 is 0 Å². The molecule has 0 atom stereocenters. The maximum absolute atomic E-state index is 3.25. The second kappa shape index (κ2) is 20.1. The van der Waals surface area contributed by atoms with Crippen LogP contribution in [-0.4, -0.2) is 18.5 Å². The Hall–Kier alpha value is 0.650. The minimum Gasteiger partial charge on any atom is -0.346 e. The molecule has 0 unspecified atom stereocenters. The van der Waals surface area contributed by atoms with Crippen molar-refractivity contribution < 1.29 is 22.4 Å². The zero-order chi connectivity index (χ0) is 11.2. The van der Waals surface area contributed by atoms with E-state index in [9.17, 15) is 0 Å². The van der Waals surface area contributed by atoms with Crippen LogP contribution < -0.4 is 0 Å². The van der Waals surface area contributed by atoms with Crippen molar-refractivity contribution in [3.05, 3.63) is 31.2 Å². The Balaban J connectivity index is -0.000000159. The summed E-state index contributed by atoms with van der Waals surface area (Å²) in [5.74, 6) is 0. The van der Waals surface area contributed by atoms with Crippen molar-refractivity contribution in [2.24, 2.45) is 0 Å². The van der Waals surface area contributed by atoms with Crippen molar-refractivity contribution in [2.45, 2.75) is 34.1 Å². The number of allylic oxidation sites excluding steroid dienone is 4. The van der Waals surface area contributed by atoms with Gasteiger partial charge in [0.1, 0.15) is 0 Å². The first-order valence-electron chi connectivity index (χ1n) is 5.49. The average molecular weight is 409 g/mol. The van der Waals surface area contributed by atoms with Gasteiger partial charge in [0, 0.05) is 22.4 Å². The topological polar surface area (TPSA) is 0 Å². The monoisotopic (exact) mass is 409 g/mol. The molecular weight excluding hydrogens is 384 g/mol. The Morgan fingerprint density at radius 2 is 1.60 bits per heavy atom. The van der Waals surface area contributed by atoms with Crippen LogP contribution in [0.15, 0.2) is 18.2 Å². The molecule has 1 radical (unpaired) electrons. The largest absolute Gasteiger partial charge is 0.346 e. The fourth-order valence-corrected chi connectivity index (χ4v) is 2.35. The van der Waals surface area contributed by atoms with E-state index in [1.165, 1.54) is 18.5 Å². The summed E-state index contributed by atoms with van der Waals surface area (Å²) in [5.41, 5.74) is 0. The van der Waals surface area contributed by atoms with Gasteiger partial charge in [-0.15, -0.1) is 14.3 Å². The van der Waals surface area contributed by atoms with Gasteiger partial charge in [-0.3, -0.25) is 6.08 Å². The Bertz CT molecular complexity index is 122. The first-order chi connectivity index (χ1) is 6.85. The number of hydrogen-bond acceptors (Lipinski definition) is 0. The van der Waals surface area contributed by atoms with Crippen molar-refractivity contribution in [3.8, 4) is 0 Å². The maximum Gasteiger partial charge on any atom is 0 e. The molecule has 0 nitrogen and oxygen atoms in total. The van der Waals surface area contributed by atoms with Crippen molar-refractivity contribution in [2.75, 3.05) is 18.5 Å². The average Bonchev–Trinajstić information content (AvgIpc) is 2.82. The van der Waals surface area contributed by atoms with E-state index in [0.717, 1.165) is 6.42 Å². The second-order valence-electron chi connectivity index (χ2n) is 2.62. The van der Waals surface area contributed by atoms with Crippen LogP contribution in [-0.2, 0) is 22.4 Å². The molecule has 0 spiro atoms. The third-order valence-electron chi connectivity index (χ3n) is 1.93. The van der Waals surface area contributed by atoms with Gasteiger partial charge in [-0.2, -0.15) is 13.0 Å². The van der Waals surface area contributed by atoms with Crippen LogP contribution in [0.1, 0.15) is 34.1 Å². The van der Waals surface area contributed by atoms with Crippen LogP contribution in [0.3, 0.4) is 0 Å². The van der Waals surface area contributed by atoms with Crippen LogP contribution in [0.4, 0.5) is 0 Å². The van der Waals surface area contributed by atoms with Gasteiger partial charge in [0.05, 0.1) is 0 Å². The van der Waals surface area contributed by atoms with Gasteiger partial charge in [-0.1, -0.05) is 20.8 Å². The molecule has 0 N–H and O–H groups in total. The Kier molecular flexibility index (Phi) is 28.1. The van der Waals surface area contributed by atoms with Gasteiger partial charge in [-0.25, -0.2) is 12.2 Å². The standard InChI is InChI=1S/C6H15P.C5H5.C2H5.Au/c1-4-7(5-2)6-3;1-2-4-5-3-1;1-2;/h4-6H2,1-3H3;1-3H,4H2;1H2,2H3;/q;2*-1;. The zero-order valence-corrected chi connectivity index (χ0v) is 13.6. The van der Waals surface area contributed by atoms with E-state index in [1.807, 2.05) is 12.2 Å². The molecule has 1 rings (SSSR count). The van der Waals surface area contributed by atoms with E-state index < -0.39 is 0 Å². The van der Waals surface area contributed by atoms with Gasteiger partial charge in [0.25, 0.3) is 0 Å². The molecule has 0 aromatic carbocycles. The minimum atomic E-state index is 0. The van der Waals surface area contributed by atoms with Crippen molar-refractivity contribution in [1.29, 1.82) is 0 Å². The second-order valence-corrected chi connectivity index (χ2v) is 5.86. The van der Waals surface area contributed by atoms with E-state index in [-0.39, 0.29) is 22.4 Å². The molecule has 1 aliphatic rings. The van der Waals surface area contributed by atoms with E-state index in [0.29, 0.717) is 7.92 Å². The molecule has 0 saturated heterocycles. The molecule has 0 heterocycles. The van der Waals surface area contributed by atoms with Crippen LogP contribution in [0.25, 0.3) is 0 Å². The normalized spacial score (nSPS) is 11.1. The smallest absolute Gasteiger partial charge is 0 e. The van der Waals surface area contributed by atoms with Crippen molar-refractivity contribution in [1.82, 2.24) is 0 Å². The molecule has 15 heavy (non-hydrogen) atoms. The molecule has 0 bridgehead atoms. The van der Waals surface area contributed by atoms with Gasteiger partial charge in [0.15, 0.2) is 0 Å². The number of hydrogen-bond donors (Lipinski definition) is 0. The van der Waals surface area contributed by atoms with Gasteiger partial charge in [-0.05, 0) is 18.5 Å². The zero-order valence-electron chi connectivity index (χ0n) is 10.5. The van der Waals surface area contributed by atoms with Crippen molar-refractivity contribution in [3.63, 3.8) is 0 Å². The molecule has 0 aromatic heterocycles. The molecule has 0 fully saturated rings. The maximum atomic E-state index is 3.25. The minimum absolute atomic E-state index is 0. The summed E-state index contributed by atoms with van der Waals surface area (Å²) >= 11 is 0. The van der Waals surface area contributed by atoms with Crippen molar-refractivity contribution >= 4 is 7.92 Å². The van der Waals surface area contributed by atoms with Crippen LogP contribution in [0, 0.1) is 13.0 Å². The SMILES string of the molecule is CCP(CC)CC.[Au].[C-]1=CC=CC1.[CH2-]C. The van der Waals surface area contributed by atoms with E-state index in [4.69, 9.17) is 0 Å². The van der Waals surface area contributed by atoms with Crippen LogP contribution in [0.5, 0.6) is 0 Å². The summed E-state index contributed by atoms with van der Waals surface area (Å²) in [6, 6.07) is 0. The predicted octanol–water partition coefficient (Wildman–Crippen LogP) is 4.67. The summed E-state index contributed by atoms with van der Waals surface area (Å²) in [4.78, 5) is 0. The van der Waals surface area contributed by atoms with E-state index in [2.05, 4.69) is 39.8 Å². The predicted molar refractivity (Wildman–Crippen MR) is 71.1 cm³/mol. The molecular formula is C13H25AuP-2. The summed E-state index contributed by atoms with van der Waals surface area (Å²) < 4.78 is 0. The van der Waals surface area contributed by atoms with Crippen LogP contribution >= 0.6 is 7.92 Å². The third-order valence-corrected chi connectivity index (χ3v) is 4.61. The van der Waals surface area contributed by atoms with Gasteiger partial charge < -0.3 is 6.92 Å². The molecule has 1 aliphatic carbocycles. The fraction of sp³-hybridized carbons (Fsp3) is 0.615. The number of rotatable bonds is 3. The van der Waals surface area contributed by atoms with Crippen LogP contribution in [0.2, 0.25) is 0 Å². The summed E-state index contributed by atoms with van der Waals surface area (Å²) in [6.07, 6.45) is 14.3. The Morgan fingerprint density at radius 3 is 1.67 bits per heavy atom. The molecule has 0 saturated carbocycles. The first-order valence-corrected chi connectivity index (χ1v) is 7.39. The summed E-state index contributed by atoms with van der Waals surface area (Å²) in [5, 5.41) is 0. The fourth-order valence-electron chi connectivity index (χ4n) is 1.01. The van der Waals surface area contributed by atoms with Gasteiger partial charge in [0.2, 0.25) is 0 Å². The van der Waals surface area contributed by atoms with E-state index in [1.54, 1.807) is 6.92 Å². The molecule has 95 valence electrons.